The fourth-order valence-corrected chi connectivity index (χ4v) is 1.29. The van der Waals surface area contributed by atoms with Crippen LogP contribution in [0.15, 0.2) is 18.2 Å². The van der Waals surface area contributed by atoms with Crippen molar-refractivity contribution in [2.45, 2.75) is 25.1 Å². The Morgan fingerprint density at radius 1 is 1.31 bits per heavy atom. The third-order valence-corrected chi connectivity index (χ3v) is 2.40. The molecule has 0 spiro atoms. The minimum atomic E-state index is -4.81. The molecule has 1 aromatic carbocycles. The van der Waals surface area contributed by atoms with Gasteiger partial charge in [0, 0.05) is 11.4 Å². The number of hydrogen-bond donors (Lipinski definition) is 1. The van der Waals surface area contributed by atoms with Gasteiger partial charge in [0.05, 0.1) is 0 Å². The Morgan fingerprint density at radius 3 is 2.31 bits per heavy atom. The molecule has 16 heavy (non-hydrogen) atoms. The Morgan fingerprint density at radius 2 is 1.88 bits per heavy atom. The van der Waals surface area contributed by atoms with Crippen LogP contribution in [0, 0.1) is 5.82 Å². The monoisotopic (exact) mass is 256 g/mol. The molecular formula is C10H9ClF4O. The SMILES string of the molecule is CC(O)(Cc1ccc(Cl)cc1F)C(F)(F)F. The van der Waals surface area contributed by atoms with Gasteiger partial charge in [0.15, 0.2) is 5.60 Å². The zero-order valence-electron chi connectivity index (χ0n) is 8.28. The summed E-state index contributed by atoms with van der Waals surface area (Å²) in [6, 6.07) is 3.30. The van der Waals surface area contributed by atoms with Crippen molar-refractivity contribution in [1.82, 2.24) is 0 Å². The maximum Gasteiger partial charge on any atom is 0.417 e. The number of rotatable bonds is 2. The van der Waals surface area contributed by atoms with Gasteiger partial charge in [0.25, 0.3) is 0 Å². The fourth-order valence-electron chi connectivity index (χ4n) is 1.14. The molecule has 1 rings (SSSR count). The Balaban J connectivity index is 2.97. The predicted octanol–water partition coefficient (Wildman–Crippen LogP) is 3.33. The van der Waals surface area contributed by atoms with Gasteiger partial charge in [-0.3, -0.25) is 0 Å². The summed E-state index contributed by atoms with van der Waals surface area (Å²) in [5.41, 5.74) is -3.19. The second-order valence-corrected chi connectivity index (χ2v) is 4.12. The van der Waals surface area contributed by atoms with Crippen molar-refractivity contribution in [1.29, 1.82) is 0 Å². The molecule has 0 bridgehead atoms. The van der Waals surface area contributed by atoms with Crippen molar-refractivity contribution in [3.8, 4) is 0 Å². The van der Waals surface area contributed by atoms with Crippen LogP contribution >= 0.6 is 11.6 Å². The first-order valence-corrected chi connectivity index (χ1v) is 4.74. The summed E-state index contributed by atoms with van der Waals surface area (Å²) < 4.78 is 50.2. The standard InChI is InChI=1S/C10H9ClF4O/c1-9(16,10(13,14)15)5-6-2-3-7(11)4-8(6)12/h2-4,16H,5H2,1H3. The van der Waals surface area contributed by atoms with Crippen LogP contribution < -0.4 is 0 Å². The van der Waals surface area contributed by atoms with Gasteiger partial charge in [-0.2, -0.15) is 13.2 Å². The highest BCUT2D eigenvalue weighted by Crippen LogP contribution is 2.33. The van der Waals surface area contributed by atoms with Crippen molar-refractivity contribution >= 4 is 11.6 Å². The van der Waals surface area contributed by atoms with E-state index < -0.39 is 24.0 Å². The van der Waals surface area contributed by atoms with E-state index in [0.29, 0.717) is 6.92 Å². The van der Waals surface area contributed by atoms with Gasteiger partial charge in [-0.1, -0.05) is 17.7 Å². The number of alkyl halides is 3. The van der Waals surface area contributed by atoms with Gasteiger partial charge < -0.3 is 5.11 Å². The number of hydrogen-bond acceptors (Lipinski definition) is 1. The van der Waals surface area contributed by atoms with Gasteiger partial charge in [0.2, 0.25) is 0 Å². The summed E-state index contributed by atoms with van der Waals surface area (Å²) in [5.74, 6) is -0.864. The lowest BCUT2D eigenvalue weighted by molar-refractivity contribution is -0.252. The maximum absolute atomic E-state index is 13.2. The second-order valence-electron chi connectivity index (χ2n) is 3.68. The van der Waals surface area contributed by atoms with E-state index in [1.807, 2.05) is 0 Å². The number of benzene rings is 1. The molecule has 0 aliphatic rings. The summed E-state index contributed by atoms with van der Waals surface area (Å²) >= 11 is 5.45. The molecule has 0 aliphatic carbocycles. The molecule has 0 heterocycles. The lowest BCUT2D eigenvalue weighted by Gasteiger charge is -2.26. The van der Waals surface area contributed by atoms with E-state index >= 15 is 0 Å². The lowest BCUT2D eigenvalue weighted by Crippen LogP contribution is -2.44. The van der Waals surface area contributed by atoms with Gasteiger partial charge in [-0.25, -0.2) is 4.39 Å². The van der Waals surface area contributed by atoms with E-state index in [4.69, 9.17) is 11.6 Å². The van der Waals surface area contributed by atoms with E-state index in [2.05, 4.69) is 0 Å². The van der Waals surface area contributed by atoms with Crippen LogP contribution in [0.3, 0.4) is 0 Å². The maximum atomic E-state index is 13.2. The zero-order chi connectivity index (χ0) is 12.6. The molecule has 0 aromatic heterocycles. The molecule has 0 amide bonds. The van der Waals surface area contributed by atoms with Crippen molar-refractivity contribution < 1.29 is 22.7 Å². The molecule has 0 saturated carbocycles. The van der Waals surface area contributed by atoms with Crippen molar-refractivity contribution in [2.75, 3.05) is 0 Å². The van der Waals surface area contributed by atoms with E-state index in [1.165, 1.54) is 6.07 Å². The molecule has 0 fully saturated rings. The normalized spacial score (nSPS) is 15.9. The van der Waals surface area contributed by atoms with E-state index in [-0.39, 0.29) is 10.6 Å². The minimum absolute atomic E-state index is 0.0906. The predicted molar refractivity (Wildman–Crippen MR) is 51.8 cm³/mol. The molecule has 1 N–H and O–H groups in total. The Labute approximate surface area is 94.7 Å². The smallest absolute Gasteiger partial charge is 0.380 e. The Hall–Kier alpha value is -0.810. The Bertz CT molecular complexity index is 387. The molecule has 0 saturated heterocycles. The zero-order valence-corrected chi connectivity index (χ0v) is 9.03. The molecule has 1 nitrogen and oxygen atoms in total. The van der Waals surface area contributed by atoms with Crippen LogP contribution in [0.4, 0.5) is 17.6 Å². The van der Waals surface area contributed by atoms with Crippen LogP contribution in [-0.2, 0) is 6.42 Å². The average molecular weight is 257 g/mol. The van der Waals surface area contributed by atoms with Gasteiger partial charge in [0.1, 0.15) is 5.82 Å². The van der Waals surface area contributed by atoms with E-state index in [0.717, 1.165) is 12.1 Å². The number of aliphatic hydroxyl groups is 1. The molecule has 1 unspecified atom stereocenters. The number of halogens is 5. The van der Waals surface area contributed by atoms with Crippen LogP contribution in [0.25, 0.3) is 0 Å². The molecule has 1 aromatic rings. The largest absolute Gasteiger partial charge is 0.417 e. The summed E-state index contributed by atoms with van der Waals surface area (Å²) in [4.78, 5) is 0. The van der Waals surface area contributed by atoms with E-state index in [1.54, 1.807) is 0 Å². The topological polar surface area (TPSA) is 20.2 Å². The van der Waals surface area contributed by atoms with Gasteiger partial charge in [-0.05, 0) is 24.6 Å². The first kappa shape index (κ1) is 13.3. The first-order valence-electron chi connectivity index (χ1n) is 4.36. The van der Waals surface area contributed by atoms with Crippen molar-refractivity contribution in [3.63, 3.8) is 0 Å². The first-order chi connectivity index (χ1) is 7.13. The Kier molecular flexibility index (Phi) is 3.50. The molecule has 6 heteroatoms. The highest BCUT2D eigenvalue weighted by atomic mass is 35.5. The molecule has 0 aliphatic heterocycles. The van der Waals surface area contributed by atoms with Crippen LogP contribution in [-0.4, -0.2) is 16.9 Å². The second kappa shape index (κ2) is 4.22. The highest BCUT2D eigenvalue weighted by molar-refractivity contribution is 6.30. The van der Waals surface area contributed by atoms with Crippen molar-refractivity contribution in [2.24, 2.45) is 0 Å². The summed E-state index contributed by atoms with van der Waals surface area (Å²) in [6.07, 6.45) is -5.65. The summed E-state index contributed by atoms with van der Waals surface area (Å²) in [5, 5.41) is 9.26. The summed E-state index contributed by atoms with van der Waals surface area (Å²) in [6.45, 7) is 0.598. The molecular weight excluding hydrogens is 248 g/mol. The van der Waals surface area contributed by atoms with Crippen LogP contribution in [0.2, 0.25) is 5.02 Å². The van der Waals surface area contributed by atoms with Gasteiger partial charge >= 0.3 is 6.18 Å². The lowest BCUT2D eigenvalue weighted by atomic mass is 9.96. The van der Waals surface area contributed by atoms with Crippen molar-refractivity contribution in [3.05, 3.63) is 34.6 Å². The molecule has 0 radical (unpaired) electrons. The third-order valence-electron chi connectivity index (χ3n) is 2.16. The van der Waals surface area contributed by atoms with Crippen LogP contribution in [0.5, 0.6) is 0 Å². The highest BCUT2D eigenvalue weighted by Gasteiger charge is 2.49. The molecule has 90 valence electrons. The summed E-state index contributed by atoms with van der Waals surface area (Å²) in [7, 11) is 0. The van der Waals surface area contributed by atoms with Gasteiger partial charge in [-0.15, -0.1) is 0 Å². The molecule has 1 atom stereocenters. The van der Waals surface area contributed by atoms with Crippen LogP contribution in [0.1, 0.15) is 12.5 Å². The minimum Gasteiger partial charge on any atom is -0.380 e. The quantitative estimate of drug-likeness (QED) is 0.805. The average Bonchev–Trinajstić information content (AvgIpc) is 2.08. The third kappa shape index (κ3) is 2.86. The van der Waals surface area contributed by atoms with E-state index in [9.17, 15) is 22.7 Å². The fraction of sp³-hybridized carbons (Fsp3) is 0.400.